The molecule has 0 saturated carbocycles. The first kappa shape index (κ1) is 22.8. The molecule has 1 aromatic heterocycles. The Bertz CT molecular complexity index is 1150. The molecule has 8 nitrogen and oxygen atoms in total. The van der Waals surface area contributed by atoms with Crippen molar-refractivity contribution < 1.29 is 19.6 Å². The van der Waals surface area contributed by atoms with E-state index in [-0.39, 0.29) is 17.3 Å². The Morgan fingerprint density at radius 1 is 1.12 bits per heavy atom. The van der Waals surface area contributed by atoms with E-state index >= 15 is 0 Å². The summed E-state index contributed by atoms with van der Waals surface area (Å²) in [7, 11) is 0. The van der Waals surface area contributed by atoms with Gasteiger partial charge in [0, 0.05) is 29.9 Å². The van der Waals surface area contributed by atoms with Gasteiger partial charge in [-0.3, -0.25) is 0 Å². The number of ether oxygens (including phenoxy) is 2. The van der Waals surface area contributed by atoms with Gasteiger partial charge >= 0.3 is 5.69 Å². The number of anilines is 2. The Balaban J connectivity index is 1.47. The number of morpholine rings is 1. The topological polar surface area (TPSA) is 86.9 Å². The third-order valence-corrected chi connectivity index (χ3v) is 5.84. The van der Waals surface area contributed by atoms with E-state index in [1.807, 2.05) is 25.1 Å². The maximum Gasteiger partial charge on any atom is 0.323 e. The maximum atomic E-state index is 11.2. The molecule has 2 aromatic carbocycles. The third-order valence-electron chi connectivity index (χ3n) is 5.55. The molecule has 0 bridgehead atoms. The Labute approximate surface area is 197 Å². The number of pyridine rings is 1. The molecule has 0 unspecified atom stereocenters. The predicted molar refractivity (Wildman–Crippen MR) is 128 cm³/mol. The molecule has 0 atom stereocenters. The lowest BCUT2D eigenvalue weighted by Crippen LogP contribution is -2.36. The summed E-state index contributed by atoms with van der Waals surface area (Å²) in [6.45, 7) is 7.01. The summed E-state index contributed by atoms with van der Waals surface area (Å²) < 4.78 is 11.1. The van der Waals surface area contributed by atoms with Crippen LogP contribution in [0.25, 0.3) is 11.3 Å². The molecule has 2 heterocycles. The summed E-state index contributed by atoms with van der Waals surface area (Å²) in [6, 6.07) is 15.0. The van der Waals surface area contributed by atoms with Gasteiger partial charge in [0.15, 0.2) is 6.73 Å². The first-order chi connectivity index (χ1) is 15.9. The fraction of sp³-hybridized carbons (Fsp3) is 0.292. The highest BCUT2D eigenvalue weighted by Gasteiger charge is 2.17. The summed E-state index contributed by atoms with van der Waals surface area (Å²) >= 11 is 6.51. The van der Waals surface area contributed by atoms with Crippen LogP contribution in [-0.2, 0) is 4.74 Å². The van der Waals surface area contributed by atoms with Crippen LogP contribution in [-0.4, -0.2) is 48.1 Å². The van der Waals surface area contributed by atoms with Gasteiger partial charge in [0.2, 0.25) is 0 Å². The number of halogens is 1. The van der Waals surface area contributed by atoms with Crippen LogP contribution >= 0.6 is 11.6 Å². The SMILES string of the molecule is Cc1ccc(OCNc2nc(-c3ccc(N4CCOCC4)cc3)c(Cl)cc2C)cc1[N+](=O)O. The molecule has 0 spiro atoms. The van der Waals surface area contributed by atoms with Gasteiger partial charge in [-0.2, -0.15) is 0 Å². The van der Waals surface area contributed by atoms with Crippen LogP contribution in [0.5, 0.6) is 5.75 Å². The van der Waals surface area contributed by atoms with Crippen molar-refractivity contribution in [3.05, 3.63) is 69.6 Å². The van der Waals surface area contributed by atoms with Crippen LogP contribution in [0.1, 0.15) is 11.1 Å². The summed E-state index contributed by atoms with van der Waals surface area (Å²) in [4.78, 5) is 18.1. The van der Waals surface area contributed by atoms with E-state index in [0.717, 1.165) is 43.1 Å². The summed E-state index contributed by atoms with van der Waals surface area (Å²) in [5, 5.41) is 12.9. The lowest BCUT2D eigenvalue weighted by atomic mass is 10.1. The smallest absolute Gasteiger partial charge is 0.323 e. The molecule has 33 heavy (non-hydrogen) atoms. The van der Waals surface area contributed by atoms with Crippen molar-refractivity contribution in [2.24, 2.45) is 0 Å². The van der Waals surface area contributed by atoms with Crippen molar-refractivity contribution in [1.82, 2.24) is 4.98 Å². The standard InChI is InChI=1S/C24H26ClN4O4/c1-16-3-8-20(14-22(16)29(30)31)33-15-26-24-17(2)13-21(25)23(27-24)18-4-6-19(7-5-18)28-9-11-32-12-10-28/h3-8,13-14H,9-12,15H2,1-2H3,(H,26,27)(H,30,31)/q+1. The van der Waals surface area contributed by atoms with Crippen molar-refractivity contribution in [1.29, 1.82) is 0 Å². The average Bonchev–Trinajstić information content (AvgIpc) is 2.82. The minimum Gasteiger partial charge on any atom is -0.473 e. The number of benzene rings is 2. The lowest BCUT2D eigenvalue weighted by molar-refractivity contribution is -0.730. The fourth-order valence-electron chi connectivity index (χ4n) is 3.69. The molecule has 1 aliphatic heterocycles. The lowest BCUT2D eigenvalue weighted by Gasteiger charge is -2.28. The van der Waals surface area contributed by atoms with E-state index in [0.29, 0.717) is 27.8 Å². The molecule has 1 aliphatic rings. The van der Waals surface area contributed by atoms with Crippen LogP contribution in [0, 0.1) is 18.8 Å². The molecule has 3 aromatic rings. The first-order valence-electron chi connectivity index (χ1n) is 10.7. The van der Waals surface area contributed by atoms with E-state index in [4.69, 9.17) is 26.1 Å². The zero-order chi connectivity index (χ0) is 23.4. The van der Waals surface area contributed by atoms with Gasteiger partial charge < -0.3 is 19.7 Å². The molecule has 4 rings (SSSR count). The second kappa shape index (κ2) is 10.1. The predicted octanol–water partition coefficient (Wildman–Crippen LogP) is 5.10. The van der Waals surface area contributed by atoms with Gasteiger partial charge in [-0.1, -0.05) is 23.7 Å². The molecule has 1 fully saturated rings. The Hall–Kier alpha value is -3.36. The zero-order valence-electron chi connectivity index (χ0n) is 18.5. The second-order valence-corrected chi connectivity index (χ2v) is 8.22. The summed E-state index contributed by atoms with van der Waals surface area (Å²) in [6.07, 6.45) is 0. The highest BCUT2D eigenvalue weighted by molar-refractivity contribution is 6.33. The zero-order valence-corrected chi connectivity index (χ0v) is 19.3. The number of hydrogen-bond acceptors (Lipinski definition) is 6. The number of aromatic nitrogens is 1. The number of hydrogen-bond donors (Lipinski definition) is 2. The number of rotatable bonds is 7. The van der Waals surface area contributed by atoms with Crippen molar-refractivity contribution in [3.63, 3.8) is 0 Å². The van der Waals surface area contributed by atoms with E-state index in [1.54, 1.807) is 19.1 Å². The molecule has 0 aliphatic carbocycles. The number of nitrogens with one attached hydrogen (secondary N) is 1. The largest absolute Gasteiger partial charge is 0.473 e. The van der Waals surface area contributed by atoms with Crippen molar-refractivity contribution >= 4 is 28.8 Å². The van der Waals surface area contributed by atoms with E-state index in [9.17, 15) is 10.1 Å². The highest BCUT2D eigenvalue weighted by Crippen LogP contribution is 2.31. The van der Waals surface area contributed by atoms with Crippen LogP contribution in [0.3, 0.4) is 0 Å². The Morgan fingerprint density at radius 2 is 1.85 bits per heavy atom. The maximum absolute atomic E-state index is 11.2. The number of aryl methyl sites for hydroxylation is 2. The minimum absolute atomic E-state index is 0.123. The van der Waals surface area contributed by atoms with E-state index in [1.165, 1.54) is 6.07 Å². The van der Waals surface area contributed by atoms with Crippen LogP contribution in [0.15, 0.2) is 48.5 Å². The Kier molecular flexibility index (Phi) is 6.96. The van der Waals surface area contributed by atoms with Crippen molar-refractivity contribution in [2.75, 3.05) is 43.3 Å². The van der Waals surface area contributed by atoms with E-state index in [2.05, 4.69) is 22.3 Å². The van der Waals surface area contributed by atoms with Gasteiger partial charge in [-0.05, 0) is 49.7 Å². The normalized spacial score (nSPS) is 13.6. The highest BCUT2D eigenvalue weighted by atomic mass is 35.5. The number of nitrogens with zero attached hydrogens (tertiary/aromatic N) is 3. The average molecular weight is 470 g/mol. The van der Waals surface area contributed by atoms with Gasteiger partial charge in [-0.15, -0.1) is 0 Å². The molecular weight excluding hydrogens is 444 g/mol. The third kappa shape index (κ3) is 5.35. The van der Waals surface area contributed by atoms with Gasteiger partial charge in [0.05, 0.1) is 34.9 Å². The molecule has 0 amide bonds. The first-order valence-corrected chi connectivity index (χ1v) is 11.0. The second-order valence-electron chi connectivity index (χ2n) is 7.82. The van der Waals surface area contributed by atoms with Crippen LogP contribution in [0.4, 0.5) is 17.2 Å². The van der Waals surface area contributed by atoms with Crippen molar-refractivity contribution in [2.45, 2.75) is 13.8 Å². The molecular formula is C24H26ClN4O4+. The van der Waals surface area contributed by atoms with Gasteiger partial charge in [0.1, 0.15) is 11.6 Å². The molecule has 9 heteroatoms. The van der Waals surface area contributed by atoms with Gasteiger partial charge in [0.25, 0.3) is 4.92 Å². The quantitative estimate of drug-likeness (QED) is 0.367. The molecule has 1 saturated heterocycles. The van der Waals surface area contributed by atoms with Gasteiger partial charge in [-0.25, -0.2) is 10.2 Å². The monoisotopic (exact) mass is 469 g/mol. The van der Waals surface area contributed by atoms with Crippen LogP contribution in [0.2, 0.25) is 5.02 Å². The van der Waals surface area contributed by atoms with Crippen molar-refractivity contribution in [3.8, 4) is 17.0 Å². The van der Waals surface area contributed by atoms with E-state index < -0.39 is 0 Å². The fourth-order valence-corrected chi connectivity index (χ4v) is 4.00. The summed E-state index contributed by atoms with van der Waals surface area (Å²) in [5.41, 5.74) is 4.40. The minimum atomic E-state index is -0.170. The molecule has 0 radical (unpaired) electrons. The Morgan fingerprint density at radius 3 is 2.55 bits per heavy atom. The van der Waals surface area contributed by atoms with Crippen LogP contribution < -0.4 is 15.0 Å². The summed E-state index contributed by atoms with van der Waals surface area (Å²) in [5.74, 6) is 1.09. The molecule has 172 valence electrons. The molecule has 2 N–H and O–H groups in total.